The number of hydrogen-bond donors (Lipinski definition) is 1. The van der Waals surface area contributed by atoms with Gasteiger partial charge < -0.3 is 15.4 Å². The number of halogens is 1. The summed E-state index contributed by atoms with van der Waals surface area (Å²) in [7, 11) is 0. The van der Waals surface area contributed by atoms with Crippen LogP contribution in [0.1, 0.15) is 16.0 Å². The molecule has 2 aliphatic rings. The zero-order valence-electron chi connectivity index (χ0n) is 18.6. The summed E-state index contributed by atoms with van der Waals surface area (Å²) >= 11 is 1.80. The fraction of sp³-hybridized carbons (Fsp3) is 0.333. The number of nitrogens with two attached hydrogens (primary N) is 1. The van der Waals surface area contributed by atoms with Crippen LogP contribution >= 0.6 is 11.3 Å². The Balaban J connectivity index is 1.41. The molecule has 3 aromatic heterocycles. The maximum atomic E-state index is 13.3. The highest BCUT2D eigenvalue weighted by atomic mass is 32.1. The highest BCUT2D eigenvalue weighted by molar-refractivity contribution is 7.19. The summed E-state index contributed by atoms with van der Waals surface area (Å²) in [5.74, 6) is 1.57. The lowest BCUT2D eigenvalue weighted by molar-refractivity contribution is 0.122. The second-order valence-corrected chi connectivity index (χ2v) is 9.67. The Morgan fingerprint density at radius 3 is 2.56 bits per heavy atom. The lowest BCUT2D eigenvalue weighted by atomic mass is 10.1. The largest absolute Gasteiger partial charge is 0.378 e. The van der Waals surface area contributed by atoms with Crippen molar-refractivity contribution in [3.8, 4) is 11.4 Å². The van der Waals surface area contributed by atoms with Gasteiger partial charge in [-0.2, -0.15) is 0 Å². The van der Waals surface area contributed by atoms with E-state index in [2.05, 4.69) is 19.8 Å². The molecule has 0 bridgehead atoms. The molecule has 1 saturated heterocycles. The molecule has 8 nitrogen and oxygen atoms in total. The number of ether oxygens (including phenoxy) is 1. The minimum Gasteiger partial charge on any atom is -0.378 e. The third-order valence-corrected chi connectivity index (χ3v) is 7.57. The van der Waals surface area contributed by atoms with Crippen molar-refractivity contribution in [3.05, 3.63) is 58.5 Å². The predicted octanol–water partition coefficient (Wildman–Crippen LogP) is 3.26. The molecular formula is C24H24FN7OS. The van der Waals surface area contributed by atoms with Crippen LogP contribution in [0.3, 0.4) is 0 Å². The first-order valence-electron chi connectivity index (χ1n) is 11.3. The van der Waals surface area contributed by atoms with Gasteiger partial charge in [0.2, 0.25) is 5.95 Å². The predicted molar refractivity (Wildman–Crippen MR) is 130 cm³/mol. The first-order chi connectivity index (χ1) is 16.6. The van der Waals surface area contributed by atoms with Crippen LogP contribution in [0.25, 0.3) is 21.6 Å². The van der Waals surface area contributed by atoms with E-state index in [4.69, 9.17) is 20.4 Å². The van der Waals surface area contributed by atoms with E-state index in [1.807, 2.05) is 12.1 Å². The van der Waals surface area contributed by atoms with Crippen molar-refractivity contribution in [1.29, 1.82) is 0 Å². The minimum absolute atomic E-state index is 0.208. The van der Waals surface area contributed by atoms with Gasteiger partial charge in [0.1, 0.15) is 5.82 Å². The van der Waals surface area contributed by atoms with Crippen molar-refractivity contribution in [2.24, 2.45) is 0 Å². The van der Waals surface area contributed by atoms with Crippen LogP contribution in [-0.2, 0) is 24.2 Å². The van der Waals surface area contributed by atoms with E-state index < -0.39 is 0 Å². The topological polar surface area (TPSA) is 93.3 Å². The van der Waals surface area contributed by atoms with Gasteiger partial charge in [-0.3, -0.25) is 4.90 Å². The van der Waals surface area contributed by atoms with E-state index in [9.17, 15) is 4.39 Å². The fourth-order valence-corrected chi connectivity index (χ4v) is 5.79. The Kier molecular flexibility index (Phi) is 5.56. The summed E-state index contributed by atoms with van der Waals surface area (Å²) in [5, 5.41) is 0. The number of nitrogen functional groups attached to an aromatic ring is 1. The second-order valence-electron chi connectivity index (χ2n) is 8.57. The summed E-state index contributed by atoms with van der Waals surface area (Å²) < 4.78 is 20.0. The Morgan fingerprint density at radius 1 is 1.03 bits per heavy atom. The van der Waals surface area contributed by atoms with E-state index in [1.165, 1.54) is 22.6 Å². The molecule has 34 heavy (non-hydrogen) atoms. The average Bonchev–Trinajstić information content (AvgIpc) is 3.24. The SMILES string of the molecule is Nc1ncc(-c2nc(N3CCOCC3)c3sc4c(c3n2)CN(Cc2ccc(F)cc2)CC4)cn1. The van der Waals surface area contributed by atoms with Crippen LogP contribution in [0.2, 0.25) is 0 Å². The molecule has 1 fully saturated rings. The molecule has 4 aromatic rings. The van der Waals surface area contributed by atoms with Crippen molar-refractivity contribution in [2.75, 3.05) is 43.5 Å². The molecule has 0 radical (unpaired) electrons. The van der Waals surface area contributed by atoms with Crippen molar-refractivity contribution < 1.29 is 9.13 Å². The Labute approximate surface area is 200 Å². The number of morpholine rings is 1. The molecule has 0 spiro atoms. The van der Waals surface area contributed by atoms with Gasteiger partial charge in [0, 0.05) is 55.6 Å². The summed E-state index contributed by atoms with van der Waals surface area (Å²) in [6.07, 6.45) is 4.30. The molecular weight excluding hydrogens is 453 g/mol. The summed E-state index contributed by atoms with van der Waals surface area (Å²) in [6.45, 7) is 5.48. The monoisotopic (exact) mass is 477 g/mol. The van der Waals surface area contributed by atoms with Gasteiger partial charge in [-0.15, -0.1) is 11.3 Å². The van der Waals surface area contributed by atoms with Gasteiger partial charge in [-0.1, -0.05) is 12.1 Å². The smallest absolute Gasteiger partial charge is 0.219 e. The Bertz CT molecular complexity index is 1320. The number of rotatable bonds is 4. The van der Waals surface area contributed by atoms with Gasteiger partial charge in [-0.25, -0.2) is 24.3 Å². The standard InChI is InChI=1S/C24H24FN7OS/c25-17-3-1-15(2-4-17)13-31-6-5-19-18(14-31)20-21(34-19)23(32-7-9-33-10-8-32)30-22(29-20)16-11-27-24(26)28-12-16/h1-4,11-12H,5-10,13-14H2,(H2,26,27,28). The molecule has 2 aliphatic heterocycles. The van der Waals surface area contributed by atoms with E-state index in [1.54, 1.807) is 23.7 Å². The van der Waals surface area contributed by atoms with E-state index in [0.717, 1.165) is 66.3 Å². The molecule has 0 saturated carbocycles. The van der Waals surface area contributed by atoms with Gasteiger partial charge in [0.05, 0.1) is 29.0 Å². The van der Waals surface area contributed by atoms with Crippen molar-refractivity contribution >= 4 is 33.3 Å². The number of fused-ring (bicyclic) bond motifs is 3. The van der Waals surface area contributed by atoms with Gasteiger partial charge in [0.15, 0.2) is 11.6 Å². The zero-order chi connectivity index (χ0) is 23.1. The molecule has 0 aliphatic carbocycles. The number of aromatic nitrogens is 4. The Morgan fingerprint density at radius 2 is 1.79 bits per heavy atom. The first-order valence-corrected chi connectivity index (χ1v) is 12.2. The molecule has 1 aromatic carbocycles. The fourth-order valence-electron chi connectivity index (χ4n) is 4.54. The molecule has 0 unspecified atom stereocenters. The van der Waals surface area contributed by atoms with E-state index in [0.29, 0.717) is 19.0 Å². The van der Waals surface area contributed by atoms with Crippen LogP contribution in [0, 0.1) is 5.82 Å². The lowest BCUT2D eigenvalue weighted by Gasteiger charge is -2.28. The first kappa shape index (κ1) is 21.3. The van der Waals surface area contributed by atoms with Crippen LogP contribution in [0.4, 0.5) is 16.2 Å². The normalized spacial score (nSPS) is 16.7. The van der Waals surface area contributed by atoms with E-state index >= 15 is 0 Å². The number of nitrogens with zero attached hydrogens (tertiary/aromatic N) is 6. The number of benzene rings is 1. The molecule has 5 heterocycles. The third-order valence-electron chi connectivity index (χ3n) is 6.29. The average molecular weight is 478 g/mol. The van der Waals surface area contributed by atoms with Crippen molar-refractivity contribution in [1.82, 2.24) is 24.8 Å². The second kappa shape index (κ2) is 8.86. The highest BCUT2D eigenvalue weighted by Crippen LogP contribution is 2.40. The number of hydrogen-bond acceptors (Lipinski definition) is 9. The van der Waals surface area contributed by atoms with Crippen LogP contribution in [0.5, 0.6) is 0 Å². The zero-order valence-corrected chi connectivity index (χ0v) is 19.4. The summed E-state index contributed by atoms with van der Waals surface area (Å²) in [5.41, 5.74) is 9.78. The molecule has 10 heteroatoms. The van der Waals surface area contributed by atoms with Crippen molar-refractivity contribution in [3.63, 3.8) is 0 Å². The maximum Gasteiger partial charge on any atom is 0.219 e. The quantitative estimate of drug-likeness (QED) is 0.479. The van der Waals surface area contributed by atoms with Crippen LogP contribution < -0.4 is 10.6 Å². The molecule has 6 rings (SSSR count). The molecule has 174 valence electrons. The van der Waals surface area contributed by atoms with Crippen LogP contribution in [-0.4, -0.2) is 57.7 Å². The van der Waals surface area contributed by atoms with Gasteiger partial charge in [-0.05, 0) is 24.1 Å². The van der Waals surface area contributed by atoms with E-state index in [-0.39, 0.29) is 11.8 Å². The molecule has 0 atom stereocenters. The Hall–Kier alpha value is -3.21. The summed E-state index contributed by atoms with van der Waals surface area (Å²) in [4.78, 5) is 24.3. The lowest BCUT2D eigenvalue weighted by Crippen LogP contribution is -2.37. The van der Waals surface area contributed by atoms with Crippen molar-refractivity contribution in [2.45, 2.75) is 19.5 Å². The number of anilines is 2. The molecule has 0 amide bonds. The molecule has 2 N–H and O–H groups in total. The van der Waals surface area contributed by atoms with Gasteiger partial charge >= 0.3 is 0 Å². The number of thiophene rings is 1. The highest BCUT2D eigenvalue weighted by Gasteiger charge is 2.27. The van der Waals surface area contributed by atoms with Gasteiger partial charge in [0.25, 0.3) is 0 Å². The minimum atomic E-state index is -0.208. The summed E-state index contributed by atoms with van der Waals surface area (Å²) in [6, 6.07) is 6.75. The third kappa shape index (κ3) is 4.08. The van der Waals surface area contributed by atoms with Crippen LogP contribution in [0.15, 0.2) is 36.7 Å². The maximum absolute atomic E-state index is 13.3.